The van der Waals surface area contributed by atoms with E-state index in [-0.39, 0.29) is 17.6 Å². The van der Waals surface area contributed by atoms with Gasteiger partial charge in [0.2, 0.25) is 0 Å². The van der Waals surface area contributed by atoms with E-state index in [4.69, 9.17) is 10.6 Å². The fraction of sp³-hybridized carbons (Fsp3) is 0.538. The van der Waals surface area contributed by atoms with Crippen LogP contribution in [-0.2, 0) is 4.74 Å². The fourth-order valence-electron chi connectivity index (χ4n) is 2.67. The van der Waals surface area contributed by atoms with Crippen molar-refractivity contribution in [2.75, 3.05) is 6.61 Å². The van der Waals surface area contributed by atoms with Crippen LogP contribution in [0.15, 0.2) is 18.2 Å². The monoisotopic (exact) mass is 256 g/mol. The fourth-order valence-corrected chi connectivity index (χ4v) is 2.67. The predicted octanol–water partition coefficient (Wildman–Crippen LogP) is 2.28. The van der Waals surface area contributed by atoms with Crippen LogP contribution >= 0.6 is 0 Å². The third-order valence-electron chi connectivity index (χ3n) is 3.59. The third-order valence-corrected chi connectivity index (χ3v) is 3.59. The zero-order valence-electron chi connectivity index (χ0n) is 10.3. The van der Waals surface area contributed by atoms with Gasteiger partial charge in [-0.25, -0.2) is 8.78 Å². The number of rotatable bonds is 4. The van der Waals surface area contributed by atoms with Crippen LogP contribution in [0.1, 0.15) is 31.4 Å². The zero-order valence-corrected chi connectivity index (χ0v) is 10.3. The average molecular weight is 256 g/mol. The van der Waals surface area contributed by atoms with Crippen molar-refractivity contribution in [1.82, 2.24) is 5.43 Å². The first-order valence-corrected chi connectivity index (χ1v) is 6.20. The molecule has 3 N–H and O–H groups in total. The molecule has 0 aromatic heterocycles. The number of nitrogens with one attached hydrogen (secondary N) is 1. The second kappa shape index (κ2) is 5.73. The van der Waals surface area contributed by atoms with Gasteiger partial charge in [0.15, 0.2) is 11.6 Å². The van der Waals surface area contributed by atoms with Crippen LogP contribution in [-0.4, -0.2) is 12.7 Å². The van der Waals surface area contributed by atoms with Gasteiger partial charge >= 0.3 is 0 Å². The Hall–Kier alpha value is -1.04. The molecule has 1 aliphatic heterocycles. The van der Waals surface area contributed by atoms with Gasteiger partial charge in [-0.1, -0.05) is 19.1 Å². The Morgan fingerprint density at radius 2 is 2.28 bits per heavy atom. The Bertz CT molecular complexity index is 414. The van der Waals surface area contributed by atoms with Gasteiger partial charge in [0, 0.05) is 18.1 Å². The van der Waals surface area contributed by atoms with E-state index in [2.05, 4.69) is 5.43 Å². The lowest BCUT2D eigenvalue weighted by Crippen LogP contribution is -2.37. The second-order valence-corrected chi connectivity index (χ2v) is 4.56. The summed E-state index contributed by atoms with van der Waals surface area (Å²) in [5.41, 5.74) is 2.88. The van der Waals surface area contributed by atoms with Gasteiger partial charge in [-0.3, -0.25) is 11.3 Å². The number of hydrazine groups is 1. The van der Waals surface area contributed by atoms with Crippen LogP contribution in [0.4, 0.5) is 8.78 Å². The maximum absolute atomic E-state index is 13.8. The van der Waals surface area contributed by atoms with Crippen LogP contribution in [0.5, 0.6) is 0 Å². The van der Waals surface area contributed by atoms with Crippen LogP contribution in [0, 0.1) is 17.6 Å². The number of hydrogen-bond donors (Lipinski definition) is 2. The lowest BCUT2D eigenvalue weighted by Gasteiger charge is -2.27. The van der Waals surface area contributed by atoms with Crippen molar-refractivity contribution in [3.05, 3.63) is 35.4 Å². The molecule has 0 bridgehead atoms. The van der Waals surface area contributed by atoms with Crippen molar-refractivity contribution in [2.24, 2.45) is 11.8 Å². The van der Waals surface area contributed by atoms with Crippen molar-refractivity contribution in [3.63, 3.8) is 0 Å². The quantitative estimate of drug-likeness (QED) is 0.642. The average Bonchev–Trinajstić information content (AvgIpc) is 2.83. The maximum Gasteiger partial charge on any atom is 0.163 e. The van der Waals surface area contributed by atoms with Gasteiger partial charge in [-0.05, 0) is 18.9 Å². The number of hydrogen-bond acceptors (Lipinski definition) is 3. The van der Waals surface area contributed by atoms with Crippen molar-refractivity contribution >= 4 is 0 Å². The molecule has 100 valence electrons. The molecule has 1 aromatic carbocycles. The minimum absolute atomic E-state index is 0.0358. The van der Waals surface area contributed by atoms with E-state index >= 15 is 0 Å². The van der Waals surface area contributed by atoms with Crippen LogP contribution in [0.25, 0.3) is 0 Å². The van der Waals surface area contributed by atoms with Crippen LogP contribution < -0.4 is 11.3 Å². The summed E-state index contributed by atoms with van der Waals surface area (Å²) in [7, 11) is 0. The Morgan fingerprint density at radius 3 is 2.94 bits per heavy atom. The molecule has 3 unspecified atom stereocenters. The summed E-state index contributed by atoms with van der Waals surface area (Å²) in [4.78, 5) is 0. The third kappa shape index (κ3) is 2.39. The topological polar surface area (TPSA) is 47.3 Å². The summed E-state index contributed by atoms with van der Waals surface area (Å²) in [6.07, 6.45) is 1.66. The normalized spacial score (nSPS) is 25.3. The second-order valence-electron chi connectivity index (χ2n) is 4.56. The van der Waals surface area contributed by atoms with E-state index in [1.807, 2.05) is 6.92 Å². The lowest BCUT2D eigenvalue weighted by molar-refractivity contribution is 0.0769. The molecule has 0 radical (unpaired) electrons. The molecule has 0 saturated carbocycles. The molecular weight excluding hydrogens is 238 g/mol. The lowest BCUT2D eigenvalue weighted by atomic mass is 9.87. The molecule has 1 fully saturated rings. The molecule has 5 heteroatoms. The first kappa shape index (κ1) is 13.4. The molecule has 0 spiro atoms. The van der Waals surface area contributed by atoms with Crippen molar-refractivity contribution in [3.8, 4) is 0 Å². The van der Waals surface area contributed by atoms with E-state index in [9.17, 15) is 8.78 Å². The highest BCUT2D eigenvalue weighted by Gasteiger charge is 2.35. The first-order chi connectivity index (χ1) is 8.69. The van der Waals surface area contributed by atoms with Gasteiger partial charge in [-0.2, -0.15) is 0 Å². The predicted molar refractivity (Wildman–Crippen MR) is 64.6 cm³/mol. The summed E-state index contributed by atoms with van der Waals surface area (Å²) in [5.74, 6) is 3.91. The highest BCUT2D eigenvalue weighted by Crippen LogP contribution is 2.35. The maximum atomic E-state index is 13.8. The van der Waals surface area contributed by atoms with Gasteiger partial charge in [0.25, 0.3) is 0 Å². The minimum atomic E-state index is -0.847. The van der Waals surface area contributed by atoms with E-state index in [1.165, 1.54) is 6.07 Å². The number of ether oxygens (including phenoxy) is 1. The first-order valence-electron chi connectivity index (χ1n) is 6.20. The smallest absolute Gasteiger partial charge is 0.163 e. The standard InChI is InChI=1S/C13H18F2N2O/c1-2-11-8(6-7-18-11)13(17-16)9-4-3-5-10(14)12(9)15/h3-5,8,11,13,17H,2,6-7,16H2,1H3. The van der Waals surface area contributed by atoms with Gasteiger partial charge < -0.3 is 4.74 Å². The van der Waals surface area contributed by atoms with Crippen molar-refractivity contribution < 1.29 is 13.5 Å². The Labute approximate surface area is 105 Å². The van der Waals surface area contributed by atoms with E-state index in [0.29, 0.717) is 6.61 Å². The summed E-state index contributed by atoms with van der Waals surface area (Å²) in [6, 6.07) is 3.74. The molecule has 1 aromatic rings. The van der Waals surface area contributed by atoms with Gasteiger partial charge in [0.05, 0.1) is 12.1 Å². The number of nitrogens with two attached hydrogens (primary N) is 1. The van der Waals surface area contributed by atoms with Crippen LogP contribution in [0.2, 0.25) is 0 Å². The minimum Gasteiger partial charge on any atom is -0.378 e. The number of halogens is 2. The van der Waals surface area contributed by atoms with Crippen molar-refractivity contribution in [2.45, 2.75) is 31.9 Å². The largest absolute Gasteiger partial charge is 0.378 e. The molecule has 1 heterocycles. The SMILES string of the molecule is CCC1OCCC1C(NN)c1cccc(F)c1F. The van der Waals surface area contributed by atoms with E-state index in [1.54, 1.807) is 6.07 Å². The van der Waals surface area contributed by atoms with E-state index < -0.39 is 17.7 Å². The summed E-state index contributed by atoms with van der Waals surface area (Å²) >= 11 is 0. The van der Waals surface area contributed by atoms with E-state index in [0.717, 1.165) is 18.9 Å². The molecule has 0 aliphatic carbocycles. The summed E-state index contributed by atoms with van der Waals surface area (Å²) in [6.45, 7) is 2.65. The molecular formula is C13H18F2N2O. The summed E-state index contributed by atoms with van der Waals surface area (Å²) < 4.78 is 32.7. The summed E-state index contributed by atoms with van der Waals surface area (Å²) in [5, 5.41) is 0. The highest BCUT2D eigenvalue weighted by molar-refractivity contribution is 5.23. The molecule has 18 heavy (non-hydrogen) atoms. The van der Waals surface area contributed by atoms with Crippen LogP contribution in [0.3, 0.4) is 0 Å². The number of benzene rings is 1. The van der Waals surface area contributed by atoms with Gasteiger partial charge in [0.1, 0.15) is 0 Å². The Kier molecular flexibility index (Phi) is 4.27. The molecule has 3 atom stereocenters. The zero-order chi connectivity index (χ0) is 13.1. The molecule has 2 rings (SSSR count). The molecule has 0 amide bonds. The molecule has 1 saturated heterocycles. The Morgan fingerprint density at radius 1 is 1.50 bits per heavy atom. The molecule has 3 nitrogen and oxygen atoms in total. The highest BCUT2D eigenvalue weighted by atomic mass is 19.2. The van der Waals surface area contributed by atoms with Crippen molar-refractivity contribution in [1.29, 1.82) is 0 Å². The molecule has 1 aliphatic rings. The van der Waals surface area contributed by atoms with Gasteiger partial charge in [-0.15, -0.1) is 0 Å². The Balaban J connectivity index is 2.30.